The van der Waals surface area contributed by atoms with Crippen molar-refractivity contribution < 1.29 is 14.3 Å². The summed E-state index contributed by atoms with van der Waals surface area (Å²) in [5.41, 5.74) is 4.71. The number of hydrogen-bond acceptors (Lipinski definition) is 5. The summed E-state index contributed by atoms with van der Waals surface area (Å²) < 4.78 is 6.40. The standard InChI is InChI=1S/C25H22N2O3S/c1-16-13-17(2)23-20(14-16)31-25(27-23)26-21(28)15-30-24(29)22(18-9-5-3-6-10-18)19-11-7-4-8-12-19/h3-14,22H,15H2,1-2H3,(H,26,27,28). The van der Waals surface area contributed by atoms with Crippen molar-refractivity contribution in [1.29, 1.82) is 0 Å². The third-order valence-corrected chi connectivity index (χ3v) is 5.84. The first-order valence-corrected chi connectivity index (χ1v) is 10.8. The zero-order chi connectivity index (χ0) is 21.8. The number of anilines is 1. The predicted octanol–water partition coefficient (Wildman–Crippen LogP) is 5.23. The number of hydrogen-bond donors (Lipinski definition) is 1. The molecule has 0 bridgehead atoms. The summed E-state index contributed by atoms with van der Waals surface area (Å²) in [5.74, 6) is -1.48. The van der Waals surface area contributed by atoms with Crippen molar-refractivity contribution in [2.45, 2.75) is 19.8 Å². The van der Waals surface area contributed by atoms with Gasteiger partial charge in [-0.3, -0.25) is 14.9 Å². The van der Waals surface area contributed by atoms with Crippen LogP contribution in [0.2, 0.25) is 0 Å². The van der Waals surface area contributed by atoms with Gasteiger partial charge in [-0.1, -0.05) is 78.1 Å². The van der Waals surface area contributed by atoms with Crippen LogP contribution in [0.5, 0.6) is 0 Å². The van der Waals surface area contributed by atoms with E-state index in [1.165, 1.54) is 11.3 Å². The normalized spacial score (nSPS) is 10.9. The lowest BCUT2D eigenvalue weighted by molar-refractivity contribution is -0.147. The first kappa shape index (κ1) is 20.8. The van der Waals surface area contributed by atoms with Crippen molar-refractivity contribution in [2.24, 2.45) is 0 Å². The van der Waals surface area contributed by atoms with Gasteiger partial charge in [0, 0.05) is 0 Å². The van der Waals surface area contributed by atoms with E-state index < -0.39 is 17.8 Å². The van der Waals surface area contributed by atoms with E-state index in [-0.39, 0.29) is 6.61 Å². The summed E-state index contributed by atoms with van der Waals surface area (Å²) in [7, 11) is 0. The zero-order valence-electron chi connectivity index (χ0n) is 17.3. The maximum Gasteiger partial charge on any atom is 0.318 e. The maximum absolute atomic E-state index is 12.9. The summed E-state index contributed by atoms with van der Waals surface area (Å²) in [4.78, 5) is 29.8. The fourth-order valence-electron chi connectivity index (χ4n) is 3.56. The highest BCUT2D eigenvalue weighted by Gasteiger charge is 2.25. The van der Waals surface area contributed by atoms with Crippen LogP contribution in [0.3, 0.4) is 0 Å². The number of rotatable bonds is 6. The number of carbonyl (C=O) groups excluding carboxylic acids is 2. The Kier molecular flexibility index (Phi) is 6.09. The lowest BCUT2D eigenvalue weighted by atomic mass is 9.91. The molecule has 5 nitrogen and oxygen atoms in total. The average Bonchev–Trinajstić information content (AvgIpc) is 3.16. The molecule has 0 spiro atoms. The molecular formula is C25H22N2O3S. The molecule has 3 aromatic carbocycles. The molecule has 0 fully saturated rings. The highest BCUT2D eigenvalue weighted by molar-refractivity contribution is 7.22. The van der Waals surface area contributed by atoms with E-state index in [0.29, 0.717) is 5.13 Å². The van der Waals surface area contributed by atoms with Crippen molar-refractivity contribution in [3.05, 3.63) is 95.1 Å². The Hall–Kier alpha value is -3.51. The summed E-state index contributed by atoms with van der Waals surface area (Å²) in [5, 5.41) is 3.24. The van der Waals surface area contributed by atoms with Crippen molar-refractivity contribution in [3.63, 3.8) is 0 Å². The van der Waals surface area contributed by atoms with Gasteiger partial charge < -0.3 is 4.74 Å². The second kappa shape index (κ2) is 9.10. The molecule has 0 aliphatic carbocycles. The number of benzene rings is 3. The van der Waals surface area contributed by atoms with Gasteiger partial charge in [0.1, 0.15) is 5.92 Å². The lowest BCUT2D eigenvalue weighted by Crippen LogP contribution is -2.24. The molecule has 4 aromatic rings. The fraction of sp³-hybridized carbons (Fsp3) is 0.160. The zero-order valence-corrected chi connectivity index (χ0v) is 18.1. The van der Waals surface area contributed by atoms with E-state index >= 15 is 0 Å². The van der Waals surface area contributed by atoms with Crippen LogP contribution in [-0.4, -0.2) is 23.5 Å². The van der Waals surface area contributed by atoms with Crippen LogP contribution in [0, 0.1) is 13.8 Å². The van der Waals surface area contributed by atoms with Gasteiger partial charge in [-0.25, -0.2) is 4.98 Å². The van der Waals surface area contributed by atoms with Gasteiger partial charge in [-0.05, 0) is 42.2 Å². The minimum atomic E-state index is -0.594. The fourth-order valence-corrected chi connectivity index (χ4v) is 4.61. The number of aryl methyl sites for hydroxylation is 2. The molecule has 0 unspecified atom stereocenters. The van der Waals surface area contributed by atoms with E-state index in [9.17, 15) is 9.59 Å². The minimum absolute atomic E-state index is 0.372. The number of fused-ring (bicyclic) bond motifs is 1. The Morgan fingerprint density at radius 2 is 1.58 bits per heavy atom. The van der Waals surface area contributed by atoms with Crippen LogP contribution in [0.25, 0.3) is 10.2 Å². The van der Waals surface area contributed by atoms with Crippen LogP contribution in [0.4, 0.5) is 5.13 Å². The number of ether oxygens (including phenoxy) is 1. The molecule has 0 saturated carbocycles. The summed E-state index contributed by atoms with van der Waals surface area (Å²) in [6.07, 6.45) is 0. The van der Waals surface area contributed by atoms with Gasteiger partial charge in [0.15, 0.2) is 11.7 Å². The summed E-state index contributed by atoms with van der Waals surface area (Å²) >= 11 is 1.40. The molecule has 0 aliphatic heterocycles. The Morgan fingerprint density at radius 1 is 0.968 bits per heavy atom. The van der Waals surface area contributed by atoms with Gasteiger partial charge in [0.25, 0.3) is 5.91 Å². The van der Waals surface area contributed by atoms with E-state index in [2.05, 4.69) is 16.4 Å². The van der Waals surface area contributed by atoms with Crippen LogP contribution < -0.4 is 5.32 Å². The second-order valence-electron chi connectivity index (χ2n) is 7.36. The second-order valence-corrected chi connectivity index (χ2v) is 8.39. The molecule has 6 heteroatoms. The van der Waals surface area contributed by atoms with Crippen LogP contribution in [0.15, 0.2) is 72.8 Å². The molecule has 0 atom stereocenters. The first-order chi connectivity index (χ1) is 15.0. The molecule has 0 radical (unpaired) electrons. The largest absolute Gasteiger partial charge is 0.455 e. The van der Waals surface area contributed by atoms with Gasteiger partial charge in [-0.2, -0.15) is 0 Å². The number of aromatic nitrogens is 1. The van der Waals surface area contributed by atoms with E-state index in [0.717, 1.165) is 32.5 Å². The highest BCUT2D eigenvalue weighted by atomic mass is 32.1. The van der Waals surface area contributed by atoms with Gasteiger partial charge in [0.05, 0.1) is 10.2 Å². The summed E-state index contributed by atoms with van der Waals surface area (Å²) in [6, 6.07) is 22.9. The monoisotopic (exact) mass is 430 g/mol. The minimum Gasteiger partial charge on any atom is -0.455 e. The van der Waals surface area contributed by atoms with Crippen molar-refractivity contribution in [2.75, 3.05) is 11.9 Å². The van der Waals surface area contributed by atoms with Crippen LogP contribution >= 0.6 is 11.3 Å². The number of amides is 1. The maximum atomic E-state index is 12.9. The number of nitrogens with one attached hydrogen (secondary N) is 1. The summed E-state index contributed by atoms with van der Waals surface area (Å²) in [6.45, 7) is 3.65. The van der Waals surface area contributed by atoms with Gasteiger partial charge in [-0.15, -0.1) is 0 Å². The third kappa shape index (κ3) is 4.81. The molecule has 1 heterocycles. The van der Waals surface area contributed by atoms with Gasteiger partial charge >= 0.3 is 5.97 Å². The van der Waals surface area contributed by atoms with E-state index in [4.69, 9.17) is 4.74 Å². The van der Waals surface area contributed by atoms with E-state index in [1.807, 2.05) is 80.6 Å². The predicted molar refractivity (Wildman–Crippen MR) is 123 cm³/mol. The third-order valence-electron chi connectivity index (χ3n) is 4.92. The molecule has 4 rings (SSSR count). The molecule has 1 N–H and O–H groups in total. The molecule has 0 saturated heterocycles. The molecule has 1 aromatic heterocycles. The molecular weight excluding hydrogens is 408 g/mol. The Morgan fingerprint density at radius 3 is 2.19 bits per heavy atom. The van der Waals surface area contributed by atoms with Crippen molar-refractivity contribution in [3.8, 4) is 0 Å². The Labute approximate surface area is 184 Å². The molecule has 156 valence electrons. The quantitative estimate of drug-likeness (QED) is 0.426. The Balaban J connectivity index is 1.45. The van der Waals surface area contributed by atoms with Crippen LogP contribution in [-0.2, 0) is 14.3 Å². The number of nitrogens with zero attached hydrogens (tertiary/aromatic N) is 1. The van der Waals surface area contributed by atoms with Crippen LogP contribution in [0.1, 0.15) is 28.2 Å². The van der Waals surface area contributed by atoms with E-state index in [1.54, 1.807) is 0 Å². The smallest absolute Gasteiger partial charge is 0.318 e. The number of carbonyl (C=O) groups is 2. The van der Waals surface area contributed by atoms with Crippen molar-refractivity contribution >= 4 is 38.6 Å². The highest BCUT2D eigenvalue weighted by Crippen LogP contribution is 2.29. The topological polar surface area (TPSA) is 68.3 Å². The Bertz CT molecular complexity index is 1180. The van der Waals surface area contributed by atoms with Gasteiger partial charge in [0.2, 0.25) is 0 Å². The number of esters is 1. The molecule has 1 amide bonds. The lowest BCUT2D eigenvalue weighted by Gasteiger charge is -2.16. The van der Waals surface area contributed by atoms with Crippen molar-refractivity contribution in [1.82, 2.24) is 4.98 Å². The number of thiazole rings is 1. The molecule has 0 aliphatic rings. The average molecular weight is 431 g/mol. The SMILES string of the molecule is Cc1cc(C)c2nc(NC(=O)COC(=O)C(c3ccccc3)c3ccccc3)sc2c1. The molecule has 31 heavy (non-hydrogen) atoms. The first-order valence-electron chi connectivity index (χ1n) is 9.95.